The Labute approximate surface area is 206 Å². The lowest BCUT2D eigenvalue weighted by Crippen LogP contribution is -2.38. The maximum atomic E-state index is 4.80. The summed E-state index contributed by atoms with van der Waals surface area (Å²) in [6, 6.07) is 10.4. The van der Waals surface area contributed by atoms with E-state index in [-0.39, 0.29) is 24.0 Å². The van der Waals surface area contributed by atoms with Gasteiger partial charge in [0.15, 0.2) is 5.96 Å². The number of hydrogen-bond donors (Lipinski definition) is 2. The van der Waals surface area contributed by atoms with Crippen molar-refractivity contribution in [3.05, 3.63) is 68.9 Å². The van der Waals surface area contributed by atoms with Gasteiger partial charge in [-0.3, -0.25) is 4.68 Å². The molecule has 2 N–H and O–H groups in total. The Morgan fingerprint density at radius 3 is 2.58 bits per heavy atom. The summed E-state index contributed by atoms with van der Waals surface area (Å²) in [5.74, 6) is 0.833. The molecule has 0 aliphatic heterocycles. The van der Waals surface area contributed by atoms with Crippen molar-refractivity contribution in [1.82, 2.24) is 25.4 Å². The second kappa shape index (κ2) is 12.8. The van der Waals surface area contributed by atoms with E-state index in [0.29, 0.717) is 6.54 Å². The number of nitrogens with one attached hydrogen (secondary N) is 2. The minimum absolute atomic E-state index is 0. The van der Waals surface area contributed by atoms with Gasteiger partial charge in [-0.1, -0.05) is 37.3 Å². The normalized spacial score (nSPS) is 11.3. The molecule has 0 saturated heterocycles. The maximum Gasteiger partial charge on any atom is 0.191 e. The molecule has 3 aromatic rings. The highest BCUT2D eigenvalue weighted by Gasteiger charge is 2.12. The minimum atomic E-state index is 0. The Bertz CT molecular complexity index is 964. The van der Waals surface area contributed by atoms with Crippen LogP contribution in [-0.2, 0) is 25.9 Å². The molecular weight excluding hydrogens is 519 g/mol. The van der Waals surface area contributed by atoms with Gasteiger partial charge in [-0.25, -0.2) is 9.98 Å². The number of guanidine groups is 1. The van der Waals surface area contributed by atoms with E-state index >= 15 is 0 Å². The van der Waals surface area contributed by atoms with E-state index < -0.39 is 0 Å². The average molecular weight is 553 g/mol. The highest BCUT2D eigenvalue weighted by Crippen LogP contribution is 2.16. The number of nitrogens with zero attached hydrogens (tertiary/aromatic N) is 4. The van der Waals surface area contributed by atoms with E-state index in [1.165, 1.54) is 26.7 Å². The molecule has 168 valence electrons. The molecule has 0 atom stereocenters. The van der Waals surface area contributed by atoms with Crippen molar-refractivity contribution >= 4 is 41.3 Å². The minimum Gasteiger partial charge on any atom is -0.357 e. The number of aryl methyl sites for hydroxylation is 2. The lowest BCUT2D eigenvalue weighted by Gasteiger charge is -2.11. The van der Waals surface area contributed by atoms with E-state index in [9.17, 15) is 0 Å². The van der Waals surface area contributed by atoms with Crippen molar-refractivity contribution in [2.24, 2.45) is 4.99 Å². The Morgan fingerprint density at radius 2 is 1.90 bits per heavy atom. The molecule has 0 radical (unpaired) electrons. The van der Waals surface area contributed by atoms with Crippen LogP contribution in [0, 0.1) is 13.8 Å². The van der Waals surface area contributed by atoms with Crippen LogP contribution in [0.3, 0.4) is 0 Å². The van der Waals surface area contributed by atoms with E-state index in [1.54, 1.807) is 11.3 Å². The number of aliphatic imine (C=N–C) groups is 1. The van der Waals surface area contributed by atoms with Gasteiger partial charge < -0.3 is 10.6 Å². The Kier molecular flexibility index (Phi) is 10.5. The first-order chi connectivity index (χ1) is 14.6. The summed E-state index contributed by atoms with van der Waals surface area (Å²) in [4.78, 5) is 10.6. The fraction of sp³-hybridized carbons (Fsp3) is 0.435. The van der Waals surface area contributed by atoms with Gasteiger partial charge in [0.2, 0.25) is 0 Å². The third kappa shape index (κ3) is 7.31. The summed E-state index contributed by atoms with van der Waals surface area (Å²) in [6.07, 6.45) is 3.94. The largest absolute Gasteiger partial charge is 0.357 e. The monoisotopic (exact) mass is 552 g/mol. The number of aromatic nitrogens is 3. The molecule has 0 aliphatic rings. The van der Waals surface area contributed by atoms with Crippen molar-refractivity contribution in [3.8, 4) is 0 Å². The number of benzene rings is 1. The second-order valence-electron chi connectivity index (χ2n) is 7.24. The number of hydrogen-bond acceptors (Lipinski definition) is 4. The Hall–Kier alpha value is -1.94. The zero-order valence-corrected chi connectivity index (χ0v) is 22.0. The SMILES string of the molecule is CCNC(=NCc1c(C)nn(Cc2ccccc2)c1C)NCCc1ncc(CC)s1.I. The summed E-state index contributed by atoms with van der Waals surface area (Å²) < 4.78 is 2.07. The molecule has 0 saturated carbocycles. The van der Waals surface area contributed by atoms with Crippen LogP contribution < -0.4 is 10.6 Å². The van der Waals surface area contributed by atoms with E-state index in [2.05, 4.69) is 72.3 Å². The van der Waals surface area contributed by atoms with Crippen molar-refractivity contribution in [2.45, 2.75) is 53.6 Å². The quantitative estimate of drug-likeness (QED) is 0.234. The van der Waals surface area contributed by atoms with Crippen LogP contribution in [0.2, 0.25) is 0 Å². The van der Waals surface area contributed by atoms with Gasteiger partial charge in [0.05, 0.1) is 23.8 Å². The van der Waals surface area contributed by atoms with Crippen LogP contribution in [0.25, 0.3) is 0 Å². The molecular formula is C23H33IN6S. The van der Waals surface area contributed by atoms with Gasteiger partial charge in [-0.2, -0.15) is 5.10 Å². The summed E-state index contributed by atoms with van der Waals surface area (Å²) in [5, 5.41) is 12.7. The van der Waals surface area contributed by atoms with Crippen LogP contribution in [0.4, 0.5) is 0 Å². The van der Waals surface area contributed by atoms with E-state index in [4.69, 9.17) is 10.1 Å². The molecule has 0 bridgehead atoms. The van der Waals surface area contributed by atoms with Gasteiger partial charge in [0.25, 0.3) is 0 Å². The van der Waals surface area contributed by atoms with Gasteiger partial charge in [0, 0.05) is 41.8 Å². The van der Waals surface area contributed by atoms with E-state index in [0.717, 1.165) is 44.1 Å². The molecule has 2 heterocycles. The molecule has 8 heteroatoms. The predicted molar refractivity (Wildman–Crippen MR) is 141 cm³/mol. The standard InChI is InChI=1S/C23H32N6S.HI/c1-5-20-14-26-22(30-20)12-13-25-23(24-6-2)27-15-21-17(3)28-29(18(21)4)16-19-10-8-7-9-11-19;/h7-11,14H,5-6,12-13,15-16H2,1-4H3,(H2,24,25,27);1H. The van der Waals surface area contributed by atoms with Crippen LogP contribution in [0.15, 0.2) is 41.5 Å². The fourth-order valence-electron chi connectivity index (χ4n) is 3.29. The van der Waals surface area contributed by atoms with Crippen molar-refractivity contribution in [3.63, 3.8) is 0 Å². The summed E-state index contributed by atoms with van der Waals surface area (Å²) in [6.45, 7) is 11.5. The first-order valence-corrected chi connectivity index (χ1v) is 11.4. The lowest BCUT2D eigenvalue weighted by molar-refractivity contribution is 0.658. The fourth-order valence-corrected chi connectivity index (χ4v) is 4.15. The van der Waals surface area contributed by atoms with Crippen LogP contribution in [0.1, 0.15) is 46.2 Å². The Balaban J connectivity index is 0.00000341. The van der Waals surface area contributed by atoms with Gasteiger partial charge in [0.1, 0.15) is 0 Å². The third-order valence-corrected chi connectivity index (χ3v) is 6.23. The topological polar surface area (TPSA) is 67.1 Å². The molecule has 0 amide bonds. The predicted octanol–water partition coefficient (Wildman–Crippen LogP) is 4.48. The third-order valence-electron chi connectivity index (χ3n) is 5.03. The summed E-state index contributed by atoms with van der Waals surface area (Å²) >= 11 is 1.79. The number of halogens is 1. The number of rotatable bonds is 9. The second-order valence-corrected chi connectivity index (χ2v) is 8.44. The first-order valence-electron chi connectivity index (χ1n) is 10.6. The summed E-state index contributed by atoms with van der Waals surface area (Å²) in [7, 11) is 0. The highest BCUT2D eigenvalue weighted by molar-refractivity contribution is 14.0. The number of thiazole rings is 1. The maximum absolute atomic E-state index is 4.80. The molecule has 2 aromatic heterocycles. The Morgan fingerprint density at radius 1 is 1.13 bits per heavy atom. The van der Waals surface area contributed by atoms with Crippen molar-refractivity contribution in [1.29, 1.82) is 0 Å². The van der Waals surface area contributed by atoms with Gasteiger partial charge >= 0.3 is 0 Å². The lowest BCUT2D eigenvalue weighted by atomic mass is 10.2. The molecule has 0 spiro atoms. The van der Waals surface area contributed by atoms with Crippen LogP contribution >= 0.6 is 35.3 Å². The molecule has 0 unspecified atom stereocenters. The molecule has 3 rings (SSSR count). The highest BCUT2D eigenvalue weighted by atomic mass is 127. The van der Waals surface area contributed by atoms with E-state index in [1.807, 2.05) is 12.3 Å². The molecule has 6 nitrogen and oxygen atoms in total. The van der Waals surface area contributed by atoms with Crippen LogP contribution in [-0.4, -0.2) is 33.8 Å². The zero-order valence-electron chi connectivity index (χ0n) is 18.8. The molecule has 0 aliphatic carbocycles. The van der Waals surface area contributed by atoms with Gasteiger partial charge in [-0.15, -0.1) is 35.3 Å². The first kappa shape index (κ1) is 25.3. The van der Waals surface area contributed by atoms with Crippen molar-refractivity contribution in [2.75, 3.05) is 13.1 Å². The zero-order chi connectivity index (χ0) is 21.3. The molecule has 1 aromatic carbocycles. The van der Waals surface area contributed by atoms with Crippen LogP contribution in [0.5, 0.6) is 0 Å². The molecule has 0 fully saturated rings. The smallest absolute Gasteiger partial charge is 0.191 e. The molecule has 31 heavy (non-hydrogen) atoms. The average Bonchev–Trinajstić information content (AvgIpc) is 3.31. The van der Waals surface area contributed by atoms with Gasteiger partial charge in [-0.05, 0) is 32.8 Å². The van der Waals surface area contributed by atoms with Crippen molar-refractivity contribution < 1.29 is 0 Å². The summed E-state index contributed by atoms with van der Waals surface area (Å²) in [5.41, 5.74) is 4.65.